The zero-order valence-electron chi connectivity index (χ0n) is 16.8. The maximum atomic E-state index is 14.3. The average molecular weight is 433 g/mol. The van der Waals surface area contributed by atoms with Crippen molar-refractivity contribution in [1.29, 1.82) is 0 Å². The number of ether oxygens (including phenoxy) is 1. The third kappa shape index (κ3) is 3.94. The molecule has 0 saturated carbocycles. The summed E-state index contributed by atoms with van der Waals surface area (Å²) in [5.74, 6) is 0.222. The van der Waals surface area contributed by atoms with Gasteiger partial charge in [0.1, 0.15) is 18.0 Å². The number of fused-ring (bicyclic) bond motifs is 1. The standard InChI is InChI=1S/C22H25FN2O4S/c1-2-29-19-7-9-20(10-8-19)30(27,28)25-15-18(23)13-21(25)22(26)24-12-11-16-5-3-4-6-17(16)14-24/h3-10,18,21H,2,11-15H2,1H3/t18-,21-/m0/s1. The number of halogens is 1. The van der Waals surface area contributed by atoms with E-state index in [9.17, 15) is 17.6 Å². The molecule has 6 nitrogen and oxygen atoms in total. The van der Waals surface area contributed by atoms with Crippen molar-refractivity contribution in [2.24, 2.45) is 0 Å². The minimum Gasteiger partial charge on any atom is -0.494 e. The molecular formula is C22H25FN2O4S. The van der Waals surface area contributed by atoms with Crippen LogP contribution in [0.1, 0.15) is 24.5 Å². The van der Waals surface area contributed by atoms with Gasteiger partial charge < -0.3 is 9.64 Å². The van der Waals surface area contributed by atoms with Crippen LogP contribution in [0.3, 0.4) is 0 Å². The molecule has 1 fully saturated rings. The number of amides is 1. The largest absolute Gasteiger partial charge is 0.494 e. The van der Waals surface area contributed by atoms with E-state index < -0.39 is 22.2 Å². The van der Waals surface area contributed by atoms with Crippen LogP contribution in [0, 0.1) is 0 Å². The van der Waals surface area contributed by atoms with Gasteiger partial charge in [-0.3, -0.25) is 4.79 Å². The molecule has 2 heterocycles. The van der Waals surface area contributed by atoms with E-state index in [1.807, 2.05) is 31.2 Å². The molecule has 0 spiro atoms. The van der Waals surface area contributed by atoms with Crippen molar-refractivity contribution in [3.8, 4) is 5.75 Å². The fourth-order valence-electron chi connectivity index (χ4n) is 4.15. The number of carbonyl (C=O) groups is 1. The van der Waals surface area contributed by atoms with Crippen molar-refractivity contribution in [2.45, 2.75) is 43.4 Å². The summed E-state index contributed by atoms with van der Waals surface area (Å²) in [6.45, 7) is 2.92. The van der Waals surface area contributed by atoms with Gasteiger partial charge in [0, 0.05) is 26.1 Å². The summed E-state index contributed by atoms with van der Waals surface area (Å²) in [6.07, 6.45) is -0.777. The minimum atomic E-state index is -4.01. The molecule has 160 valence electrons. The topological polar surface area (TPSA) is 66.9 Å². The molecule has 0 aliphatic carbocycles. The number of carbonyl (C=O) groups excluding carboxylic acids is 1. The van der Waals surface area contributed by atoms with Crippen LogP contribution in [0.25, 0.3) is 0 Å². The normalized spacial score (nSPS) is 22.0. The van der Waals surface area contributed by atoms with E-state index in [1.54, 1.807) is 17.0 Å². The Labute approximate surface area is 176 Å². The van der Waals surface area contributed by atoms with E-state index in [0.29, 0.717) is 31.9 Å². The maximum absolute atomic E-state index is 14.3. The lowest BCUT2D eigenvalue weighted by Crippen LogP contribution is -2.49. The fourth-order valence-corrected chi connectivity index (χ4v) is 5.77. The highest BCUT2D eigenvalue weighted by Gasteiger charge is 2.45. The van der Waals surface area contributed by atoms with E-state index in [0.717, 1.165) is 9.87 Å². The molecule has 2 atom stereocenters. The first-order valence-corrected chi connectivity index (χ1v) is 11.6. The molecule has 1 amide bonds. The van der Waals surface area contributed by atoms with Crippen molar-refractivity contribution >= 4 is 15.9 Å². The summed E-state index contributed by atoms with van der Waals surface area (Å²) in [4.78, 5) is 14.9. The molecule has 0 aromatic heterocycles. The summed E-state index contributed by atoms with van der Waals surface area (Å²) in [5, 5.41) is 0. The molecule has 0 bridgehead atoms. The van der Waals surface area contributed by atoms with Gasteiger partial charge in [-0.15, -0.1) is 0 Å². The third-order valence-corrected chi connectivity index (χ3v) is 7.56. The van der Waals surface area contributed by atoms with Crippen LogP contribution in [0.5, 0.6) is 5.75 Å². The molecule has 2 aromatic carbocycles. The average Bonchev–Trinajstić information content (AvgIpc) is 3.16. The van der Waals surface area contributed by atoms with Crippen molar-refractivity contribution in [1.82, 2.24) is 9.21 Å². The molecule has 1 saturated heterocycles. The summed E-state index contributed by atoms with van der Waals surface area (Å²) in [6, 6.07) is 12.9. The molecule has 0 radical (unpaired) electrons. The summed E-state index contributed by atoms with van der Waals surface area (Å²) in [7, 11) is -4.01. The lowest BCUT2D eigenvalue weighted by atomic mass is 9.99. The van der Waals surface area contributed by atoms with Gasteiger partial charge in [0.05, 0.1) is 11.5 Å². The number of rotatable bonds is 5. The van der Waals surface area contributed by atoms with Crippen molar-refractivity contribution < 1.29 is 22.3 Å². The quantitative estimate of drug-likeness (QED) is 0.729. The van der Waals surface area contributed by atoms with Gasteiger partial charge in [0.2, 0.25) is 15.9 Å². The number of benzene rings is 2. The Morgan fingerprint density at radius 3 is 2.53 bits per heavy atom. The highest BCUT2D eigenvalue weighted by Crippen LogP contribution is 2.31. The van der Waals surface area contributed by atoms with Crippen LogP contribution < -0.4 is 4.74 Å². The zero-order valence-corrected chi connectivity index (χ0v) is 17.6. The van der Waals surface area contributed by atoms with Gasteiger partial charge in [-0.1, -0.05) is 24.3 Å². The number of hydrogen-bond donors (Lipinski definition) is 0. The van der Waals surface area contributed by atoms with Crippen LogP contribution in [-0.4, -0.2) is 55.4 Å². The fraction of sp³-hybridized carbons (Fsp3) is 0.409. The van der Waals surface area contributed by atoms with Gasteiger partial charge in [0.25, 0.3) is 0 Å². The molecule has 30 heavy (non-hydrogen) atoms. The molecule has 0 N–H and O–H groups in total. The highest BCUT2D eigenvalue weighted by molar-refractivity contribution is 7.89. The van der Waals surface area contributed by atoms with Gasteiger partial charge in [-0.25, -0.2) is 12.8 Å². The van der Waals surface area contributed by atoms with Crippen molar-refractivity contribution in [3.05, 3.63) is 59.7 Å². The van der Waals surface area contributed by atoms with E-state index in [-0.39, 0.29) is 23.8 Å². The van der Waals surface area contributed by atoms with Crippen LogP contribution >= 0.6 is 0 Å². The van der Waals surface area contributed by atoms with E-state index in [4.69, 9.17) is 4.74 Å². The van der Waals surface area contributed by atoms with Crippen LogP contribution in [-0.2, 0) is 27.8 Å². The lowest BCUT2D eigenvalue weighted by molar-refractivity contribution is -0.135. The summed E-state index contributed by atoms with van der Waals surface area (Å²) < 4.78 is 47.1. The Balaban J connectivity index is 1.56. The predicted molar refractivity (Wildman–Crippen MR) is 110 cm³/mol. The Hall–Kier alpha value is -2.45. The minimum absolute atomic E-state index is 0.0295. The van der Waals surface area contributed by atoms with Crippen molar-refractivity contribution in [3.63, 3.8) is 0 Å². The highest BCUT2D eigenvalue weighted by atomic mass is 32.2. The Kier molecular flexibility index (Phi) is 5.79. The summed E-state index contributed by atoms with van der Waals surface area (Å²) in [5.41, 5.74) is 2.24. The van der Waals surface area contributed by atoms with E-state index >= 15 is 0 Å². The molecule has 4 rings (SSSR count). The van der Waals surface area contributed by atoms with E-state index in [1.165, 1.54) is 17.7 Å². The van der Waals surface area contributed by atoms with Crippen LogP contribution in [0.15, 0.2) is 53.4 Å². The number of nitrogens with zero attached hydrogens (tertiary/aromatic N) is 2. The van der Waals surface area contributed by atoms with Crippen LogP contribution in [0.4, 0.5) is 4.39 Å². The maximum Gasteiger partial charge on any atom is 0.243 e. The van der Waals surface area contributed by atoms with Gasteiger partial charge in [-0.2, -0.15) is 4.31 Å². The van der Waals surface area contributed by atoms with Gasteiger partial charge in [-0.05, 0) is 48.7 Å². The monoisotopic (exact) mass is 432 g/mol. The lowest BCUT2D eigenvalue weighted by Gasteiger charge is -2.33. The molecule has 2 aromatic rings. The molecule has 0 unspecified atom stereocenters. The molecule has 2 aliphatic heterocycles. The second-order valence-electron chi connectivity index (χ2n) is 7.61. The SMILES string of the molecule is CCOc1ccc(S(=O)(=O)N2C[C@@H](F)C[C@H]2C(=O)N2CCc3ccccc3C2)cc1. The number of sulfonamides is 1. The van der Waals surface area contributed by atoms with Crippen molar-refractivity contribution in [2.75, 3.05) is 19.7 Å². The predicted octanol–water partition coefficient (Wildman–Crippen LogP) is 2.77. The molecule has 2 aliphatic rings. The van der Waals surface area contributed by atoms with E-state index in [2.05, 4.69) is 0 Å². The third-order valence-electron chi connectivity index (χ3n) is 5.67. The smallest absolute Gasteiger partial charge is 0.243 e. The first-order chi connectivity index (χ1) is 14.4. The van der Waals surface area contributed by atoms with Crippen LogP contribution in [0.2, 0.25) is 0 Å². The second-order valence-corrected chi connectivity index (χ2v) is 9.50. The zero-order chi connectivity index (χ0) is 21.3. The Morgan fingerprint density at radius 2 is 1.83 bits per heavy atom. The number of alkyl halides is 1. The van der Waals surface area contributed by atoms with Gasteiger partial charge in [0.15, 0.2) is 0 Å². The van der Waals surface area contributed by atoms with Gasteiger partial charge >= 0.3 is 0 Å². The number of hydrogen-bond acceptors (Lipinski definition) is 4. The Bertz CT molecular complexity index is 1030. The Morgan fingerprint density at radius 1 is 1.13 bits per heavy atom. The molecule has 8 heteroatoms. The molecular weight excluding hydrogens is 407 g/mol. The first-order valence-electron chi connectivity index (χ1n) is 10.1. The summed E-state index contributed by atoms with van der Waals surface area (Å²) >= 11 is 0. The second kappa shape index (κ2) is 8.35. The first kappa shape index (κ1) is 20.8.